The van der Waals surface area contributed by atoms with Crippen LogP contribution in [0, 0.1) is 11.3 Å². The Labute approximate surface area is 128 Å². The highest BCUT2D eigenvalue weighted by molar-refractivity contribution is 7.98. The van der Waals surface area contributed by atoms with Gasteiger partial charge in [0, 0.05) is 13.1 Å². The van der Waals surface area contributed by atoms with Gasteiger partial charge in [0.15, 0.2) is 26.4 Å². The smallest absolute Gasteiger partial charge is 0.238 e. The van der Waals surface area contributed by atoms with Crippen LogP contribution in [0.15, 0.2) is 5.16 Å². The molecular formula is C12H16N4O3S2. The first kappa shape index (κ1) is 15.9. The van der Waals surface area contributed by atoms with E-state index in [2.05, 4.69) is 16.0 Å². The van der Waals surface area contributed by atoms with E-state index in [1.54, 1.807) is 0 Å². The van der Waals surface area contributed by atoms with Crippen LogP contribution in [-0.4, -0.2) is 55.8 Å². The third kappa shape index (κ3) is 3.57. The summed E-state index contributed by atoms with van der Waals surface area (Å²) in [6.45, 7) is 2.86. The van der Waals surface area contributed by atoms with Crippen molar-refractivity contribution < 1.29 is 13.2 Å². The maximum atomic E-state index is 11.5. The SMILES string of the molecule is CCOc1nc(SC)nc(N2CCS(=O)(=O)CC2)c1C#N. The van der Waals surface area contributed by atoms with Crippen molar-refractivity contribution in [2.75, 3.05) is 42.4 Å². The van der Waals surface area contributed by atoms with Crippen molar-refractivity contribution in [3.63, 3.8) is 0 Å². The summed E-state index contributed by atoms with van der Waals surface area (Å²) >= 11 is 1.35. The van der Waals surface area contributed by atoms with Gasteiger partial charge >= 0.3 is 0 Å². The van der Waals surface area contributed by atoms with E-state index in [9.17, 15) is 13.7 Å². The van der Waals surface area contributed by atoms with E-state index in [4.69, 9.17) is 4.74 Å². The molecule has 1 saturated heterocycles. The lowest BCUT2D eigenvalue weighted by Crippen LogP contribution is -2.41. The Balaban J connectivity index is 2.42. The molecule has 0 spiro atoms. The highest BCUT2D eigenvalue weighted by Crippen LogP contribution is 2.29. The fourth-order valence-electron chi connectivity index (χ4n) is 1.99. The monoisotopic (exact) mass is 328 g/mol. The Bertz CT molecular complexity index is 656. The zero-order valence-corrected chi connectivity index (χ0v) is 13.5. The van der Waals surface area contributed by atoms with Crippen molar-refractivity contribution in [1.29, 1.82) is 5.26 Å². The number of rotatable bonds is 4. The quantitative estimate of drug-likeness (QED) is 0.589. The Kier molecular flexibility index (Phi) is 4.90. The predicted molar refractivity (Wildman–Crippen MR) is 80.6 cm³/mol. The Morgan fingerprint density at radius 3 is 2.57 bits per heavy atom. The van der Waals surface area contributed by atoms with Gasteiger partial charge in [0.1, 0.15) is 6.07 Å². The van der Waals surface area contributed by atoms with Crippen LogP contribution in [0.5, 0.6) is 5.88 Å². The maximum absolute atomic E-state index is 11.5. The van der Waals surface area contributed by atoms with Gasteiger partial charge in [-0.3, -0.25) is 0 Å². The van der Waals surface area contributed by atoms with E-state index < -0.39 is 9.84 Å². The minimum absolute atomic E-state index is 0.0699. The van der Waals surface area contributed by atoms with Crippen molar-refractivity contribution in [2.24, 2.45) is 0 Å². The molecule has 0 aliphatic carbocycles. The lowest BCUT2D eigenvalue weighted by molar-refractivity contribution is 0.322. The zero-order chi connectivity index (χ0) is 15.5. The van der Waals surface area contributed by atoms with Gasteiger partial charge in [0.2, 0.25) is 5.88 Å². The molecule has 2 rings (SSSR count). The van der Waals surface area contributed by atoms with Crippen LogP contribution in [0.25, 0.3) is 0 Å². The molecule has 0 radical (unpaired) electrons. The fourth-order valence-corrected chi connectivity index (χ4v) is 3.55. The minimum atomic E-state index is -2.98. The number of ether oxygens (including phenoxy) is 1. The van der Waals surface area contributed by atoms with Crippen LogP contribution in [0.3, 0.4) is 0 Å². The number of aromatic nitrogens is 2. The van der Waals surface area contributed by atoms with Gasteiger partial charge in [-0.05, 0) is 13.2 Å². The zero-order valence-electron chi connectivity index (χ0n) is 11.9. The molecular weight excluding hydrogens is 312 g/mol. The summed E-state index contributed by atoms with van der Waals surface area (Å²) in [5, 5.41) is 9.86. The number of hydrogen-bond donors (Lipinski definition) is 0. The minimum Gasteiger partial charge on any atom is -0.477 e. The highest BCUT2D eigenvalue weighted by atomic mass is 32.2. The van der Waals surface area contributed by atoms with E-state index in [0.717, 1.165) is 0 Å². The lowest BCUT2D eigenvalue weighted by atomic mass is 10.3. The lowest BCUT2D eigenvalue weighted by Gasteiger charge is -2.28. The van der Waals surface area contributed by atoms with Crippen LogP contribution in [0.2, 0.25) is 0 Å². The second kappa shape index (κ2) is 6.49. The first-order chi connectivity index (χ1) is 10.0. The predicted octanol–water partition coefficient (Wildman–Crippen LogP) is 0.704. The Morgan fingerprint density at radius 2 is 2.05 bits per heavy atom. The summed E-state index contributed by atoms with van der Waals surface area (Å²) in [5.41, 5.74) is 0.258. The molecule has 21 heavy (non-hydrogen) atoms. The Hall–Kier alpha value is -1.53. The van der Waals surface area contributed by atoms with Gasteiger partial charge in [-0.2, -0.15) is 10.2 Å². The van der Waals surface area contributed by atoms with Crippen LogP contribution >= 0.6 is 11.8 Å². The van der Waals surface area contributed by atoms with Crippen molar-refractivity contribution in [3.05, 3.63) is 5.56 Å². The molecule has 1 aliphatic rings. The van der Waals surface area contributed by atoms with Crippen molar-refractivity contribution >= 4 is 27.4 Å². The summed E-state index contributed by atoms with van der Waals surface area (Å²) in [6, 6.07) is 2.07. The third-order valence-electron chi connectivity index (χ3n) is 3.06. The molecule has 1 aliphatic heterocycles. The molecule has 7 nitrogen and oxygen atoms in total. The molecule has 1 aromatic heterocycles. The number of nitrogens with zero attached hydrogens (tertiary/aromatic N) is 4. The highest BCUT2D eigenvalue weighted by Gasteiger charge is 2.26. The second-order valence-electron chi connectivity index (χ2n) is 4.40. The molecule has 1 fully saturated rings. The number of nitriles is 1. The topological polar surface area (TPSA) is 96.2 Å². The van der Waals surface area contributed by atoms with Gasteiger partial charge < -0.3 is 9.64 Å². The molecule has 0 saturated carbocycles. The molecule has 0 bridgehead atoms. The first-order valence-electron chi connectivity index (χ1n) is 6.45. The molecule has 1 aromatic rings. The van der Waals surface area contributed by atoms with Crippen LogP contribution in [-0.2, 0) is 9.84 Å². The van der Waals surface area contributed by atoms with Crippen LogP contribution in [0.1, 0.15) is 12.5 Å². The van der Waals surface area contributed by atoms with Gasteiger partial charge in [-0.1, -0.05) is 11.8 Å². The molecule has 0 aromatic carbocycles. The molecule has 9 heteroatoms. The molecule has 0 atom stereocenters. The van der Waals surface area contributed by atoms with Crippen LogP contribution in [0.4, 0.5) is 5.82 Å². The van der Waals surface area contributed by atoms with E-state index >= 15 is 0 Å². The van der Waals surface area contributed by atoms with E-state index in [1.165, 1.54) is 11.8 Å². The second-order valence-corrected chi connectivity index (χ2v) is 7.47. The van der Waals surface area contributed by atoms with Gasteiger partial charge in [0.25, 0.3) is 0 Å². The number of anilines is 1. The van der Waals surface area contributed by atoms with E-state index in [-0.39, 0.29) is 22.9 Å². The number of sulfone groups is 1. The van der Waals surface area contributed by atoms with Gasteiger partial charge in [-0.25, -0.2) is 13.4 Å². The third-order valence-corrected chi connectivity index (χ3v) is 5.21. The number of hydrogen-bond acceptors (Lipinski definition) is 8. The first-order valence-corrected chi connectivity index (χ1v) is 9.49. The van der Waals surface area contributed by atoms with Crippen molar-refractivity contribution in [2.45, 2.75) is 12.1 Å². The summed E-state index contributed by atoms with van der Waals surface area (Å²) < 4.78 is 28.5. The van der Waals surface area contributed by atoms with E-state index in [1.807, 2.05) is 18.1 Å². The van der Waals surface area contributed by atoms with Crippen molar-refractivity contribution in [1.82, 2.24) is 9.97 Å². The summed E-state index contributed by atoms with van der Waals surface area (Å²) in [6.07, 6.45) is 1.83. The standard InChI is InChI=1S/C12H16N4O3S2/c1-3-19-11-9(8-13)10(14-12(15-11)20-2)16-4-6-21(17,18)7-5-16/h3-7H2,1-2H3. The Morgan fingerprint density at radius 1 is 1.38 bits per heavy atom. The molecule has 2 heterocycles. The number of thioether (sulfide) groups is 1. The van der Waals surface area contributed by atoms with Gasteiger partial charge in [-0.15, -0.1) is 0 Å². The molecule has 0 N–H and O–H groups in total. The summed E-state index contributed by atoms with van der Waals surface area (Å²) in [4.78, 5) is 10.4. The normalized spacial score (nSPS) is 17.3. The fraction of sp³-hybridized carbons (Fsp3) is 0.583. The average molecular weight is 328 g/mol. The summed E-state index contributed by atoms with van der Waals surface area (Å²) in [5.74, 6) is 0.846. The molecule has 114 valence electrons. The molecule has 0 amide bonds. The van der Waals surface area contributed by atoms with Crippen molar-refractivity contribution in [3.8, 4) is 11.9 Å². The summed E-state index contributed by atoms with van der Waals surface area (Å²) in [7, 11) is -2.98. The van der Waals surface area contributed by atoms with E-state index in [0.29, 0.717) is 30.7 Å². The molecule has 0 unspecified atom stereocenters. The largest absolute Gasteiger partial charge is 0.477 e. The van der Waals surface area contributed by atoms with Crippen LogP contribution < -0.4 is 9.64 Å². The maximum Gasteiger partial charge on any atom is 0.238 e. The average Bonchev–Trinajstić information content (AvgIpc) is 2.47. The van der Waals surface area contributed by atoms with Gasteiger partial charge in [0.05, 0.1) is 18.1 Å².